The molecule has 2 amide bonds. The summed E-state index contributed by atoms with van der Waals surface area (Å²) in [6.07, 6.45) is 1.68. The van der Waals surface area contributed by atoms with E-state index in [-0.39, 0.29) is 30.5 Å². The SMILES string of the molecule is CCN(Cc1ccc(Cl)s1)C(=O)CCNC(=O)c1ccco1. The fourth-order valence-corrected chi connectivity index (χ4v) is 3.04. The lowest BCUT2D eigenvalue weighted by Crippen LogP contribution is -2.33. The molecule has 0 unspecified atom stereocenters. The zero-order chi connectivity index (χ0) is 15.9. The third-order valence-corrected chi connectivity index (χ3v) is 4.30. The van der Waals surface area contributed by atoms with Gasteiger partial charge in [-0.2, -0.15) is 0 Å². The van der Waals surface area contributed by atoms with E-state index in [2.05, 4.69) is 5.32 Å². The molecule has 22 heavy (non-hydrogen) atoms. The van der Waals surface area contributed by atoms with Crippen LogP contribution in [-0.2, 0) is 11.3 Å². The monoisotopic (exact) mass is 340 g/mol. The molecule has 0 bridgehead atoms. The van der Waals surface area contributed by atoms with Crippen molar-refractivity contribution in [3.05, 3.63) is 45.5 Å². The molecule has 0 fully saturated rings. The van der Waals surface area contributed by atoms with Crippen molar-refractivity contribution in [3.8, 4) is 0 Å². The molecule has 0 aliphatic heterocycles. The van der Waals surface area contributed by atoms with Crippen molar-refractivity contribution in [3.63, 3.8) is 0 Å². The molecule has 2 heterocycles. The van der Waals surface area contributed by atoms with E-state index in [1.165, 1.54) is 17.6 Å². The molecule has 0 saturated carbocycles. The molecule has 1 N–H and O–H groups in total. The van der Waals surface area contributed by atoms with Crippen molar-refractivity contribution in [2.75, 3.05) is 13.1 Å². The Kier molecular flexibility index (Phi) is 6.03. The van der Waals surface area contributed by atoms with Gasteiger partial charge in [0.1, 0.15) is 0 Å². The summed E-state index contributed by atoms with van der Waals surface area (Å²) < 4.78 is 5.70. The number of nitrogens with zero attached hydrogens (tertiary/aromatic N) is 1. The molecule has 2 aromatic rings. The Hall–Kier alpha value is -1.79. The largest absolute Gasteiger partial charge is 0.459 e. The molecule has 118 valence electrons. The quantitative estimate of drug-likeness (QED) is 0.842. The molecule has 0 spiro atoms. The van der Waals surface area contributed by atoms with Crippen LogP contribution in [0.3, 0.4) is 0 Å². The summed E-state index contributed by atoms with van der Waals surface area (Å²) in [6, 6.07) is 6.96. The minimum absolute atomic E-state index is 0.00762. The Morgan fingerprint density at radius 3 is 2.77 bits per heavy atom. The highest BCUT2D eigenvalue weighted by Crippen LogP contribution is 2.22. The maximum Gasteiger partial charge on any atom is 0.286 e. The van der Waals surface area contributed by atoms with Gasteiger partial charge >= 0.3 is 0 Å². The number of halogens is 1. The fraction of sp³-hybridized carbons (Fsp3) is 0.333. The Balaban J connectivity index is 1.78. The lowest BCUT2D eigenvalue weighted by atomic mass is 10.3. The molecular formula is C15H17ClN2O3S. The first-order valence-corrected chi connectivity index (χ1v) is 8.13. The van der Waals surface area contributed by atoms with Gasteiger partial charge in [-0.25, -0.2) is 0 Å². The molecule has 0 aliphatic rings. The first-order chi connectivity index (χ1) is 10.6. The Morgan fingerprint density at radius 1 is 1.36 bits per heavy atom. The van der Waals surface area contributed by atoms with Gasteiger partial charge in [0.15, 0.2) is 5.76 Å². The smallest absolute Gasteiger partial charge is 0.286 e. The van der Waals surface area contributed by atoms with Crippen LogP contribution in [0, 0.1) is 0 Å². The van der Waals surface area contributed by atoms with E-state index in [4.69, 9.17) is 16.0 Å². The number of hydrogen-bond acceptors (Lipinski definition) is 4. The zero-order valence-electron chi connectivity index (χ0n) is 12.2. The van der Waals surface area contributed by atoms with Crippen molar-refractivity contribution in [1.29, 1.82) is 0 Å². The summed E-state index contributed by atoms with van der Waals surface area (Å²) in [4.78, 5) is 26.6. The van der Waals surface area contributed by atoms with Crippen LogP contribution in [0.4, 0.5) is 0 Å². The Labute approximate surface area is 137 Å². The van der Waals surface area contributed by atoms with E-state index in [1.807, 2.05) is 19.1 Å². The first-order valence-electron chi connectivity index (χ1n) is 6.94. The van der Waals surface area contributed by atoms with Gasteiger partial charge in [0.05, 0.1) is 17.1 Å². The Bertz CT molecular complexity index is 625. The summed E-state index contributed by atoms with van der Waals surface area (Å²) in [5.41, 5.74) is 0. The fourth-order valence-electron chi connectivity index (χ4n) is 1.94. The molecule has 0 atom stereocenters. The minimum atomic E-state index is -0.314. The molecule has 2 aromatic heterocycles. The standard InChI is InChI=1S/C15H17ClN2O3S/c1-2-18(10-11-5-6-13(16)22-11)14(19)7-8-17-15(20)12-4-3-9-21-12/h3-6,9H,2,7-8,10H2,1H3,(H,17,20). The van der Waals surface area contributed by atoms with Gasteiger partial charge in [-0.3, -0.25) is 9.59 Å². The van der Waals surface area contributed by atoms with Gasteiger partial charge in [-0.15, -0.1) is 11.3 Å². The molecule has 5 nitrogen and oxygen atoms in total. The molecule has 0 radical (unpaired) electrons. The van der Waals surface area contributed by atoms with Gasteiger partial charge < -0.3 is 14.6 Å². The number of carbonyl (C=O) groups excluding carboxylic acids is 2. The Morgan fingerprint density at radius 2 is 2.18 bits per heavy atom. The van der Waals surface area contributed by atoms with Crippen LogP contribution in [0.5, 0.6) is 0 Å². The zero-order valence-corrected chi connectivity index (χ0v) is 13.7. The van der Waals surface area contributed by atoms with E-state index < -0.39 is 0 Å². The number of carbonyl (C=O) groups is 2. The minimum Gasteiger partial charge on any atom is -0.459 e. The molecule has 2 rings (SSSR count). The third-order valence-electron chi connectivity index (χ3n) is 3.08. The van der Waals surface area contributed by atoms with E-state index >= 15 is 0 Å². The number of rotatable bonds is 7. The molecule has 7 heteroatoms. The van der Waals surface area contributed by atoms with E-state index in [0.717, 1.165) is 4.88 Å². The van der Waals surface area contributed by atoms with Crippen LogP contribution < -0.4 is 5.32 Å². The van der Waals surface area contributed by atoms with Crippen LogP contribution in [-0.4, -0.2) is 29.8 Å². The topological polar surface area (TPSA) is 62.6 Å². The van der Waals surface area contributed by atoms with Crippen molar-refractivity contribution >= 4 is 34.8 Å². The van der Waals surface area contributed by atoms with Crippen LogP contribution >= 0.6 is 22.9 Å². The van der Waals surface area contributed by atoms with Gasteiger partial charge in [0.2, 0.25) is 5.91 Å². The predicted molar refractivity (Wildman–Crippen MR) is 86.1 cm³/mol. The maximum absolute atomic E-state index is 12.2. The third kappa shape index (κ3) is 4.61. The number of furan rings is 1. The van der Waals surface area contributed by atoms with E-state index in [9.17, 15) is 9.59 Å². The lowest BCUT2D eigenvalue weighted by molar-refractivity contribution is -0.131. The number of nitrogens with one attached hydrogen (secondary N) is 1. The van der Waals surface area contributed by atoms with Crippen LogP contribution in [0.15, 0.2) is 34.9 Å². The summed E-state index contributed by atoms with van der Waals surface area (Å²) in [7, 11) is 0. The molecule has 0 aromatic carbocycles. The molecule has 0 aliphatic carbocycles. The van der Waals surface area contributed by atoms with Crippen molar-refractivity contribution in [2.24, 2.45) is 0 Å². The predicted octanol–water partition coefficient (Wildman–Crippen LogP) is 3.16. The summed E-state index contributed by atoms with van der Waals surface area (Å²) in [5.74, 6) is -0.0781. The second-order valence-electron chi connectivity index (χ2n) is 4.60. The summed E-state index contributed by atoms with van der Waals surface area (Å²) in [5, 5.41) is 2.66. The van der Waals surface area contributed by atoms with Crippen LogP contribution in [0.1, 0.15) is 28.8 Å². The first kappa shape index (κ1) is 16.6. The van der Waals surface area contributed by atoms with Crippen molar-refractivity contribution < 1.29 is 14.0 Å². The van der Waals surface area contributed by atoms with Crippen LogP contribution in [0.2, 0.25) is 4.34 Å². The summed E-state index contributed by atoms with van der Waals surface area (Å²) >= 11 is 7.36. The van der Waals surface area contributed by atoms with Crippen molar-refractivity contribution in [1.82, 2.24) is 10.2 Å². The highest BCUT2D eigenvalue weighted by atomic mass is 35.5. The van der Waals surface area contributed by atoms with Gasteiger partial charge in [0, 0.05) is 24.4 Å². The van der Waals surface area contributed by atoms with Crippen LogP contribution in [0.25, 0.3) is 0 Å². The summed E-state index contributed by atoms with van der Waals surface area (Å²) in [6.45, 7) is 3.36. The van der Waals surface area contributed by atoms with Gasteiger partial charge in [-0.1, -0.05) is 11.6 Å². The number of thiophene rings is 1. The van der Waals surface area contributed by atoms with Gasteiger partial charge in [0.25, 0.3) is 5.91 Å². The lowest BCUT2D eigenvalue weighted by Gasteiger charge is -2.20. The second kappa shape index (κ2) is 8.00. The average Bonchev–Trinajstić information content (AvgIpc) is 3.16. The molecular weight excluding hydrogens is 324 g/mol. The second-order valence-corrected chi connectivity index (χ2v) is 6.40. The highest BCUT2D eigenvalue weighted by molar-refractivity contribution is 7.16. The average molecular weight is 341 g/mol. The molecule has 0 saturated heterocycles. The highest BCUT2D eigenvalue weighted by Gasteiger charge is 2.14. The number of hydrogen-bond donors (Lipinski definition) is 1. The van der Waals surface area contributed by atoms with E-state index in [1.54, 1.807) is 17.0 Å². The number of amides is 2. The van der Waals surface area contributed by atoms with Crippen molar-refractivity contribution in [2.45, 2.75) is 19.9 Å². The maximum atomic E-state index is 12.2. The normalized spacial score (nSPS) is 10.5. The van der Waals surface area contributed by atoms with E-state index in [0.29, 0.717) is 17.4 Å². The van der Waals surface area contributed by atoms with Gasteiger partial charge in [-0.05, 0) is 31.2 Å².